The molecule has 0 amide bonds. The van der Waals surface area contributed by atoms with Gasteiger partial charge in [-0.15, -0.1) is 12.4 Å². The van der Waals surface area contributed by atoms with Crippen molar-refractivity contribution in [1.29, 1.82) is 0 Å². The van der Waals surface area contributed by atoms with Crippen LogP contribution in [-0.2, 0) is 12.6 Å². The number of nitrogens with two attached hydrogens (primary N) is 1. The number of halogens is 6. The summed E-state index contributed by atoms with van der Waals surface area (Å²) in [5.74, 6) is 0. The zero-order valence-electron chi connectivity index (χ0n) is 9.52. The van der Waals surface area contributed by atoms with Gasteiger partial charge >= 0.3 is 6.18 Å². The minimum absolute atomic E-state index is 0. The van der Waals surface area contributed by atoms with Crippen molar-refractivity contribution in [2.45, 2.75) is 32.0 Å². The van der Waals surface area contributed by atoms with E-state index >= 15 is 0 Å². The van der Waals surface area contributed by atoms with Crippen molar-refractivity contribution in [2.24, 2.45) is 5.73 Å². The summed E-state index contributed by atoms with van der Waals surface area (Å²) in [5, 5.41) is 0.0448. The van der Waals surface area contributed by atoms with Crippen LogP contribution in [0.4, 0.5) is 13.2 Å². The van der Waals surface area contributed by atoms with Crippen molar-refractivity contribution in [3.05, 3.63) is 33.3 Å². The molecule has 0 aliphatic rings. The number of benzene rings is 1. The largest absolute Gasteiger partial charge is 0.416 e. The van der Waals surface area contributed by atoms with E-state index in [-0.39, 0.29) is 40.5 Å². The topological polar surface area (TPSA) is 26.0 Å². The molecular weight excluding hydrogens is 309 g/mol. The Balaban J connectivity index is 0.00000289. The predicted molar refractivity (Wildman–Crippen MR) is 70.7 cm³/mol. The van der Waals surface area contributed by atoms with Crippen molar-refractivity contribution in [3.8, 4) is 0 Å². The molecule has 0 fully saturated rings. The second-order valence-electron chi connectivity index (χ2n) is 3.76. The van der Waals surface area contributed by atoms with Crippen LogP contribution >= 0.6 is 35.6 Å². The van der Waals surface area contributed by atoms with Crippen LogP contribution in [0.2, 0.25) is 10.0 Å². The van der Waals surface area contributed by atoms with E-state index in [1.54, 1.807) is 6.92 Å². The highest BCUT2D eigenvalue weighted by Crippen LogP contribution is 2.38. The molecule has 0 radical (unpaired) electrons. The second kappa shape index (κ2) is 6.85. The van der Waals surface area contributed by atoms with Gasteiger partial charge in [-0.1, -0.05) is 30.1 Å². The fourth-order valence-electron chi connectivity index (χ4n) is 1.46. The van der Waals surface area contributed by atoms with Gasteiger partial charge in [-0.3, -0.25) is 0 Å². The first kappa shape index (κ1) is 17.8. The Morgan fingerprint density at radius 2 is 1.83 bits per heavy atom. The normalized spacial score (nSPS) is 13.1. The summed E-state index contributed by atoms with van der Waals surface area (Å²) < 4.78 is 38.3. The lowest BCUT2D eigenvalue weighted by Gasteiger charge is -2.17. The number of rotatable bonds is 3. The van der Waals surface area contributed by atoms with E-state index in [0.29, 0.717) is 6.42 Å². The molecule has 1 nitrogen and oxygen atoms in total. The maximum atomic E-state index is 12.8. The van der Waals surface area contributed by atoms with Gasteiger partial charge in [-0.05, 0) is 30.5 Å². The third-order valence-electron chi connectivity index (χ3n) is 2.49. The van der Waals surface area contributed by atoms with Gasteiger partial charge in [-0.2, -0.15) is 13.2 Å². The number of alkyl halides is 3. The maximum Gasteiger partial charge on any atom is 0.416 e. The van der Waals surface area contributed by atoms with E-state index < -0.39 is 11.7 Å². The molecule has 2 N–H and O–H groups in total. The van der Waals surface area contributed by atoms with E-state index in [1.807, 2.05) is 0 Å². The summed E-state index contributed by atoms with van der Waals surface area (Å²) >= 11 is 11.5. The van der Waals surface area contributed by atoms with E-state index in [2.05, 4.69) is 0 Å². The van der Waals surface area contributed by atoms with E-state index in [0.717, 1.165) is 12.1 Å². The Morgan fingerprint density at radius 3 is 2.28 bits per heavy atom. The zero-order chi connectivity index (χ0) is 13.2. The van der Waals surface area contributed by atoms with E-state index in [4.69, 9.17) is 28.9 Å². The Bertz CT molecular complexity index is 407. The fraction of sp³-hybridized carbons (Fsp3) is 0.455. The fourth-order valence-corrected chi connectivity index (χ4v) is 1.88. The Hall–Kier alpha value is -0.160. The highest BCUT2D eigenvalue weighted by Gasteiger charge is 2.34. The van der Waals surface area contributed by atoms with Crippen LogP contribution in [0.25, 0.3) is 0 Å². The summed E-state index contributed by atoms with van der Waals surface area (Å²) in [6.45, 7) is 1.80. The molecule has 1 atom stereocenters. The van der Waals surface area contributed by atoms with Gasteiger partial charge in [0.15, 0.2) is 0 Å². The Labute approximate surface area is 120 Å². The first-order valence-corrected chi connectivity index (χ1v) is 5.82. The van der Waals surface area contributed by atoms with Crippen LogP contribution in [0, 0.1) is 0 Å². The van der Waals surface area contributed by atoms with Crippen LogP contribution in [0.15, 0.2) is 12.1 Å². The van der Waals surface area contributed by atoms with Crippen molar-refractivity contribution in [3.63, 3.8) is 0 Å². The van der Waals surface area contributed by atoms with Gasteiger partial charge in [0.05, 0.1) is 15.6 Å². The molecule has 18 heavy (non-hydrogen) atoms. The standard InChI is InChI=1S/C11H12Cl2F3N.ClH/c1-2-6(17)5-7-8(11(14,15)16)3-4-9(12)10(7)13;/h3-4,6H,2,5,17H2,1H3;1H. The molecule has 1 unspecified atom stereocenters. The molecule has 1 aromatic carbocycles. The van der Waals surface area contributed by atoms with Crippen molar-refractivity contribution < 1.29 is 13.2 Å². The van der Waals surface area contributed by atoms with Crippen LogP contribution in [0.5, 0.6) is 0 Å². The molecule has 0 aromatic heterocycles. The van der Waals surface area contributed by atoms with Crippen molar-refractivity contribution in [1.82, 2.24) is 0 Å². The molecule has 0 saturated heterocycles. The lowest BCUT2D eigenvalue weighted by Crippen LogP contribution is -2.23. The summed E-state index contributed by atoms with van der Waals surface area (Å²) in [7, 11) is 0. The average molecular weight is 323 g/mol. The Kier molecular flexibility index (Phi) is 6.79. The minimum atomic E-state index is -4.45. The highest BCUT2D eigenvalue weighted by atomic mass is 35.5. The van der Waals surface area contributed by atoms with Crippen LogP contribution in [0.3, 0.4) is 0 Å². The molecule has 7 heteroatoms. The first-order valence-electron chi connectivity index (χ1n) is 5.07. The van der Waals surface area contributed by atoms with E-state index in [1.165, 1.54) is 0 Å². The average Bonchev–Trinajstić information content (AvgIpc) is 2.22. The van der Waals surface area contributed by atoms with Gasteiger partial charge in [0.2, 0.25) is 0 Å². The third kappa shape index (κ3) is 4.19. The molecule has 0 aliphatic carbocycles. The molecule has 1 rings (SSSR count). The van der Waals surface area contributed by atoms with Crippen molar-refractivity contribution in [2.75, 3.05) is 0 Å². The SMILES string of the molecule is CCC(N)Cc1c(C(F)(F)F)ccc(Cl)c1Cl.Cl. The lowest BCUT2D eigenvalue weighted by molar-refractivity contribution is -0.138. The maximum absolute atomic E-state index is 12.8. The van der Waals surface area contributed by atoms with Crippen LogP contribution < -0.4 is 5.73 Å². The van der Waals surface area contributed by atoms with Gasteiger partial charge in [0.25, 0.3) is 0 Å². The van der Waals surface area contributed by atoms with E-state index in [9.17, 15) is 13.2 Å². The van der Waals surface area contributed by atoms with Gasteiger partial charge < -0.3 is 5.73 Å². The Morgan fingerprint density at radius 1 is 1.28 bits per heavy atom. The van der Waals surface area contributed by atoms with Gasteiger partial charge in [0, 0.05) is 6.04 Å². The first-order chi connectivity index (χ1) is 7.77. The highest BCUT2D eigenvalue weighted by molar-refractivity contribution is 6.42. The van der Waals surface area contributed by atoms with Crippen LogP contribution in [0.1, 0.15) is 24.5 Å². The second-order valence-corrected chi connectivity index (χ2v) is 4.54. The predicted octanol–water partition coefficient (Wildman–Crippen LogP) is 4.71. The summed E-state index contributed by atoms with van der Waals surface area (Å²) in [5.41, 5.74) is 4.87. The van der Waals surface area contributed by atoms with Gasteiger partial charge in [0.1, 0.15) is 0 Å². The van der Waals surface area contributed by atoms with Gasteiger partial charge in [-0.25, -0.2) is 0 Å². The zero-order valence-corrected chi connectivity index (χ0v) is 11.9. The molecule has 104 valence electrons. The third-order valence-corrected chi connectivity index (χ3v) is 3.34. The minimum Gasteiger partial charge on any atom is -0.327 e. The lowest BCUT2D eigenvalue weighted by atomic mass is 9.99. The monoisotopic (exact) mass is 321 g/mol. The quantitative estimate of drug-likeness (QED) is 0.856. The van der Waals surface area contributed by atoms with Crippen molar-refractivity contribution >= 4 is 35.6 Å². The summed E-state index contributed by atoms with van der Waals surface area (Å²) in [6.07, 6.45) is -3.82. The van der Waals surface area contributed by atoms with Crippen LogP contribution in [-0.4, -0.2) is 6.04 Å². The number of hydrogen-bond acceptors (Lipinski definition) is 1. The summed E-state index contributed by atoms with van der Waals surface area (Å²) in [6, 6.07) is 1.71. The molecule has 0 heterocycles. The summed E-state index contributed by atoms with van der Waals surface area (Å²) in [4.78, 5) is 0. The number of hydrogen-bond donors (Lipinski definition) is 1. The molecule has 1 aromatic rings. The molecule has 0 aliphatic heterocycles. The molecular formula is C11H13Cl3F3N. The molecule has 0 spiro atoms. The molecule has 0 saturated carbocycles. The smallest absolute Gasteiger partial charge is 0.327 e. The molecule has 0 bridgehead atoms.